The summed E-state index contributed by atoms with van der Waals surface area (Å²) in [5, 5.41) is 5.26. The molecule has 0 spiro atoms. The van der Waals surface area contributed by atoms with Crippen molar-refractivity contribution in [2.75, 3.05) is 10.2 Å². The van der Waals surface area contributed by atoms with Crippen LogP contribution in [0.1, 0.15) is 19.5 Å². The number of nitrogens with zero attached hydrogens (tertiary/aromatic N) is 2. The summed E-state index contributed by atoms with van der Waals surface area (Å²) in [5.74, 6) is -0.0585. The number of carbonyl (C=O) groups excluding carboxylic acids is 1. The largest absolute Gasteiger partial charge is 0.356 e. The molecule has 3 aromatic rings. The number of hydrogen-bond donors (Lipinski definition) is 1. The number of amides is 1. The first-order valence-corrected chi connectivity index (χ1v) is 9.39. The zero-order valence-corrected chi connectivity index (χ0v) is 15.6. The fourth-order valence-corrected chi connectivity index (χ4v) is 3.14. The van der Waals surface area contributed by atoms with Gasteiger partial charge < -0.3 is 10.2 Å². The normalized spacial score (nSPS) is 11.0. The second-order valence-electron chi connectivity index (χ2n) is 6.09. The van der Waals surface area contributed by atoms with E-state index in [1.54, 1.807) is 22.6 Å². The molecule has 1 aromatic heterocycles. The summed E-state index contributed by atoms with van der Waals surface area (Å²) in [6, 6.07) is 17.9. The summed E-state index contributed by atoms with van der Waals surface area (Å²) >= 11 is 1.51. The Balaban J connectivity index is 1.74. The Morgan fingerprint density at radius 3 is 2.38 bits per heavy atom. The van der Waals surface area contributed by atoms with Crippen LogP contribution in [0.15, 0.2) is 71.6 Å². The maximum atomic E-state index is 12.7. The van der Waals surface area contributed by atoms with Gasteiger partial charge in [-0.15, -0.1) is 11.3 Å². The highest BCUT2D eigenvalue weighted by molar-refractivity contribution is 7.07. The van der Waals surface area contributed by atoms with Crippen molar-refractivity contribution in [3.8, 4) is 0 Å². The highest BCUT2D eigenvalue weighted by Gasteiger charge is 2.16. The minimum absolute atomic E-state index is 0.0514. The molecular formula is C21H21N3OS. The minimum atomic E-state index is -0.0585. The van der Waals surface area contributed by atoms with Crippen molar-refractivity contribution in [3.63, 3.8) is 0 Å². The highest BCUT2D eigenvalue weighted by atomic mass is 32.1. The van der Waals surface area contributed by atoms with Crippen molar-refractivity contribution in [1.82, 2.24) is 4.98 Å². The highest BCUT2D eigenvalue weighted by Crippen LogP contribution is 2.23. The number of para-hydroxylation sites is 1. The quantitative estimate of drug-likeness (QED) is 0.601. The Morgan fingerprint density at radius 1 is 1.08 bits per heavy atom. The molecule has 1 amide bonds. The number of benzene rings is 2. The van der Waals surface area contributed by atoms with Crippen LogP contribution in [0, 0.1) is 0 Å². The maximum Gasteiger partial charge on any atom is 0.251 e. The van der Waals surface area contributed by atoms with Crippen LogP contribution in [0.3, 0.4) is 0 Å². The first-order chi connectivity index (χ1) is 12.6. The fourth-order valence-electron chi connectivity index (χ4n) is 2.61. The number of carbonyl (C=O) groups is 1. The molecule has 1 heterocycles. The van der Waals surface area contributed by atoms with Gasteiger partial charge in [-0.1, -0.05) is 18.2 Å². The molecule has 1 N–H and O–H groups in total. The van der Waals surface area contributed by atoms with Gasteiger partial charge in [0.25, 0.3) is 5.91 Å². The zero-order valence-electron chi connectivity index (χ0n) is 14.8. The number of nitrogens with one attached hydrogen (secondary N) is 1. The van der Waals surface area contributed by atoms with Crippen molar-refractivity contribution in [2.45, 2.75) is 19.9 Å². The molecule has 0 aliphatic carbocycles. The Bertz CT molecular complexity index is 856. The zero-order chi connectivity index (χ0) is 18.4. The molecule has 0 aliphatic heterocycles. The number of aromatic nitrogens is 1. The van der Waals surface area contributed by atoms with Crippen LogP contribution in [-0.4, -0.2) is 16.9 Å². The van der Waals surface area contributed by atoms with E-state index in [1.807, 2.05) is 73.8 Å². The third-order valence-corrected chi connectivity index (χ3v) is 4.41. The molecule has 0 fully saturated rings. The summed E-state index contributed by atoms with van der Waals surface area (Å²) in [5.41, 5.74) is 5.43. The number of anilines is 3. The van der Waals surface area contributed by atoms with Crippen LogP contribution < -0.4 is 10.2 Å². The van der Waals surface area contributed by atoms with Gasteiger partial charge in [0.05, 0.1) is 11.2 Å². The number of thiazole rings is 1. The monoisotopic (exact) mass is 363 g/mol. The van der Waals surface area contributed by atoms with Gasteiger partial charge in [-0.25, -0.2) is 4.98 Å². The fraction of sp³-hybridized carbons (Fsp3) is 0.143. The molecule has 0 bridgehead atoms. The standard InChI is InChI=1S/C21H21N3OS/c1-16(2)24(21(25)13-10-19-14-26-15-22-19)20-11-8-18(9-12-20)23-17-6-4-3-5-7-17/h3-16,23H,1-2H3/b13-10+. The number of hydrogen-bond acceptors (Lipinski definition) is 4. The molecule has 26 heavy (non-hydrogen) atoms. The lowest BCUT2D eigenvalue weighted by atomic mass is 10.2. The van der Waals surface area contributed by atoms with Gasteiger partial charge in [0.15, 0.2) is 0 Å². The van der Waals surface area contributed by atoms with E-state index in [0.717, 1.165) is 22.8 Å². The average Bonchev–Trinajstić information content (AvgIpc) is 3.16. The lowest BCUT2D eigenvalue weighted by molar-refractivity contribution is -0.114. The molecule has 4 nitrogen and oxygen atoms in total. The Kier molecular flexibility index (Phi) is 5.81. The van der Waals surface area contributed by atoms with E-state index in [1.165, 1.54) is 11.3 Å². The third kappa shape index (κ3) is 4.58. The molecule has 0 unspecified atom stereocenters. The van der Waals surface area contributed by atoms with E-state index in [4.69, 9.17) is 0 Å². The van der Waals surface area contributed by atoms with E-state index >= 15 is 0 Å². The minimum Gasteiger partial charge on any atom is -0.356 e. The van der Waals surface area contributed by atoms with Crippen LogP contribution in [0.4, 0.5) is 17.1 Å². The van der Waals surface area contributed by atoms with E-state index in [2.05, 4.69) is 10.3 Å². The van der Waals surface area contributed by atoms with Crippen LogP contribution in [0.5, 0.6) is 0 Å². The van der Waals surface area contributed by atoms with Gasteiger partial charge in [0.2, 0.25) is 0 Å². The van der Waals surface area contributed by atoms with E-state index in [9.17, 15) is 4.79 Å². The summed E-state index contributed by atoms with van der Waals surface area (Å²) in [7, 11) is 0. The van der Waals surface area contributed by atoms with Gasteiger partial charge in [-0.05, 0) is 56.3 Å². The van der Waals surface area contributed by atoms with Crippen LogP contribution in [0.25, 0.3) is 6.08 Å². The summed E-state index contributed by atoms with van der Waals surface area (Å²) in [6.45, 7) is 4.01. The molecule has 3 rings (SSSR count). The van der Waals surface area contributed by atoms with Crippen molar-refractivity contribution in [3.05, 3.63) is 77.3 Å². The Labute approximate surface area is 157 Å². The number of rotatable bonds is 6. The lowest BCUT2D eigenvalue weighted by Crippen LogP contribution is -2.35. The van der Waals surface area contributed by atoms with Gasteiger partial charge in [-0.3, -0.25) is 4.79 Å². The van der Waals surface area contributed by atoms with Gasteiger partial charge in [-0.2, -0.15) is 0 Å². The van der Waals surface area contributed by atoms with Crippen LogP contribution in [-0.2, 0) is 4.79 Å². The molecule has 0 atom stereocenters. The van der Waals surface area contributed by atoms with Crippen molar-refractivity contribution in [2.24, 2.45) is 0 Å². The first kappa shape index (κ1) is 17.9. The first-order valence-electron chi connectivity index (χ1n) is 8.45. The predicted octanol–water partition coefficient (Wildman–Crippen LogP) is 5.34. The van der Waals surface area contributed by atoms with Crippen molar-refractivity contribution < 1.29 is 4.79 Å². The van der Waals surface area contributed by atoms with E-state index in [-0.39, 0.29) is 11.9 Å². The molecule has 5 heteroatoms. The maximum absolute atomic E-state index is 12.7. The molecule has 132 valence electrons. The third-order valence-electron chi connectivity index (χ3n) is 3.81. The SMILES string of the molecule is CC(C)N(C(=O)/C=C/c1cscn1)c1ccc(Nc2ccccc2)cc1. The molecule has 0 radical (unpaired) electrons. The topological polar surface area (TPSA) is 45.2 Å². The van der Waals surface area contributed by atoms with Gasteiger partial charge in [0.1, 0.15) is 0 Å². The molecule has 0 aliphatic rings. The van der Waals surface area contributed by atoms with Crippen molar-refractivity contribution >= 4 is 40.4 Å². The molecule has 0 saturated heterocycles. The molecule has 2 aromatic carbocycles. The summed E-state index contributed by atoms with van der Waals surface area (Å²) in [6.07, 6.45) is 3.32. The van der Waals surface area contributed by atoms with Crippen molar-refractivity contribution in [1.29, 1.82) is 0 Å². The van der Waals surface area contributed by atoms with Gasteiger partial charge in [0, 0.05) is 34.6 Å². The molecular weight excluding hydrogens is 342 g/mol. The van der Waals surface area contributed by atoms with Crippen LogP contribution >= 0.6 is 11.3 Å². The van der Waals surface area contributed by atoms with E-state index < -0.39 is 0 Å². The summed E-state index contributed by atoms with van der Waals surface area (Å²) in [4.78, 5) is 18.6. The van der Waals surface area contributed by atoms with E-state index in [0.29, 0.717) is 0 Å². The Morgan fingerprint density at radius 2 is 1.77 bits per heavy atom. The van der Waals surface area contributed by atoms with Crippen LogP contribution in [0.2, 0.25) is 0 Å². The average molecular weight is 363 g/mol. The Hall–Kier alpha value is -2.92. The smallest absolute Gasteiger partial charge is 0.251 e. The second kappa shape index (κ2) is 8.45. The van der Waals surface area contributed by atoms with Gasteiger partial charge >= 0.3 is 0 Å². The summed E-state index contributed by atoms with van der Waals surface area (Å²) < 4.78 is 0. The second-order valence-corrected chi connectivity index (χ2v) is 6.81. The predicted molar refractivity (Wildman–Crippen MR) is 110 cm³/mol. The lowest BCUT2D eigenvalue weighted by Gasteiger charge is -2.26. The molecule has 0 saturated carbocycles.